The van der Waals surface area contributed by atoms with Gasteiger partial charge in [-0.3, -0.25) is 4.79 Å². The Morgan fingerprint density at radius 1 is 0.894 bits per heavy atom. The molecule has 1 saturated heterocycles. The van der Waals surface area contributed by atoms with Crippen LogP contribution in [0.25, 0.3) is 0 Å². The number of nitrogens with one attached hydrogen (secondary N) is 3. The molecule has 3 fully saturated rings. The first-order valence-electron chi connectivity index (χ1n) is 15.5. The Labute approximate surface area is 269 Å². The van der Waals surface area contributed by atoms with Crippen LogP contribution in [-0.4, -0.2) is 82.4 Å². The van der Waals surface area contributed by atoms with Crippen LogP contribution in [0, 0.1) is 5.41 Å². The molecule has 15 heteroatoms. The van der Waals surface area contributed by atoms with Gasteiger partial charge in [0, 0.05) is 29.8 Å². The van der Waals surface area contributed by atoms with Gasteiger partial charge in [-0.15, -0.1) is 0 Å². The minimum Gasteiger partial charge on any atom is -0.482 e. The number of hydrogen-bond donors (Lipinski definition) is 4. The van der Waals surface area contributed by atoms with Crippen molar-refractivity contribution in [3.8, 4) is 11.8 Å². The van der Waals surface area contributed by atoms with Crippen molar-refractivity contribution in [1.29, 1.82) is 0 Å². The van der Waals surface area contributed by atoms with Crippen LogP contribution in [0.15, 0.2) is 48.5 Å². The molecule has 2 aromatic carbocycles. The van der Waals surface area contributed by atoms with Gasteiger partial charge in [0.25, 0.3) is 5.91 Å². The average Bonchev–Trinajstić information content (AvgIpc) is 3.94. The molecule has 250 valence electrons. The van der Waals surface area contributed by atoms with E-state index in [4.69, 9.17) is 14.6 Å². The number of ether oxygens (including phenoxy) is 2. The zero-order chi connectivity index (χ0) is 33.1. The number of likely N-dealkylation sites (tertiary alicyclic amines) is 1. The standard InChI is InChI=1S/C32H36F3N7O5/c33-32(34,35)20-47-29-39-27(38-28(40-29)41-31(13-14-31)22-5-9-24(10-6-22)46-17-25(43)44)37-23-7-3-21(4-8-23)26(45)36-18-30(11-12-30)19-42-15-1-2-16-42/h3-10H,1-2,11-20H2,(H,36,45)(H,43,44)(H2,37,38,39,40,41). The molecule has 0 unspecified atom stereocenters. The first kappa shape index (κ1) is 32.3. The number of carbonyl (C=O) groups excluding carboxylic acids is 1. The Morgan fingerprint density at radius 2 is 1.57 bits per heavy atom. The normalized spacial score (nSPS) is 17.9. The first-order valence-corrected chi connectivity index (χ1v) is 15.5. The number of alkyl halides is 3. The molecule has 1 aromatic heterocycles. The highest BCUT2D eigenvalue weighted by Crippen LogP contribution is 2.48. The maximum absolute atomic E-state index is 12.9. The number of halogens is 3. The van der Waals surface area contributed by atoms with E-state index in [9.17, 15) is 22.8 Å². The summed E-state index contributed by atoms with van der Waals surface area (Å²) in [6.45, 7) is 1.85. The Kier molecular flexibility index (Phi) is 9.08. The predicted octanol–water partition coefficient (Wildman–Crippen LogP) is 4.73. The molecule has 47 heavy (non-hydrogen) atoms. The van der Waals surface area contributed by atoms with Crippen LogP contribution in [0.1, 0.15) is 54.4 Å². The van der Waals surface area contributed by atoms with Gasteiger partial charge < -0.3 is 35.4 Å². The summed E-state index contributed by atoms with van der Waals surface area (Å²) >= 11 is 0. The van der Waals surface area contributed by atoms with Crippen LogP contribution in [0.2, 0.25) is 0 Å². The van der Waals surface area contributed by atoms with E-state index in [-0.39, 0.29) is 23.2 Å². The molecule has 1 amide bonds. The molecule has 0 spiro atoms. The summed E-state index contributed by atoms with van der Waals surface area (Å²) < 4.78 is 48.9. The van der Waals surface area contributed by atoms with Gasteiger partial charge >= 0.3 is 18.2 Å². The van der Waals surface area contributed by atoms with E-state index in [1.807, 2.05) is 0 Å². The number of amides is 1. The van der Waals surface area contributed by atoms with Gasteiger partial charge in [-0.1, -0.05) is 12.1 Å². The number of benzene rings is 2. The lowest BCUT2D eigenvalue weighted by Gasteiger charge is -2.23. The minimum absolute atomic E-state index is 0.00214. The molecule has 3 aliphatic rings. The van der Waals surface area contributed by atoms with Crippen LogP contribution in [0.4, 0.5) is 30.8 Å². The fourth-order valence-corrected chi connectivity index (χ4v) is 5.71. The van der Waals surface area contributed by atoms with Crippen molar-refractivity contribution in [1.82, 2.24) is 25.2 Å². The third-order valence-corrected chi connectivity index (χ3v) is 8.59. The second kappa shape index (κ2) is 13.2. The van der Waals surface area contributed by atoms with Crippen LogP contribution in [0.3, 0.4) is 0 Å². The third kappa shape index (κ3) is 8.78. The molecule has 0 radical (unpaired) electrons. The van der Waals surface area contributed by atoms with Gasteiger partial charge in [0.15, 0.2) is 13.2 Å². The van der Waals surface area contributed by atoms with Gasteiger partial charge in [-0.25, -0.2) is 4.79 Å². The first-order chi connectivity index (χ1) is 22.5. The van der Waals surface area contributed by atoms with Gasteiger partial charge in [-0.05, 0) is 93.6 Å². The molecule has 6 rings (SSSR count). The third-order valence-electron chi connectivity index (χ3n) is 8.59. The monoisotopic (exact) mass is 655 g/mol. The van der Waals surface area contributed by atoms with Crippen molar-refractivity contribution in [2.45, 2.75) is 50.2 Å². The highest BCUT2D eigenvalue weighted by Gasteiger charge is 2.46. The van der Waals surface area contributed by atoms with Gasteiger partial charge in [0.1, 0.15) is 5.75 Å². The van der Waals surface area contributed by atoms with Crippen LogP contribution in [0.5, 0.6) is 11.8 Å². The summed E-state index contributed by atoms with van der Waals surface area (Å²) in [5, 5.41) is 18.1. The van der Waals surface area contributed by atoms with Crippen LogP contribution < -0.4 is 25.4 Å². The lowest BCUT2D eigenvalue weighted by molar-refractivity contribution is -0.154. The predicted molar refractivity (Wildman–Crippen MR) is 165 cm³/mol. The number of hydrogen-bond acceptors (Lipinski definition) is 10. The second-order valence-corrected chi connectivity index (χ2v) is 12.5. The van der Waals surface area contributed by atoms with Gasteiger partial charge in [-0.2, -0.15) is 28.1 Å². The summed E-state index contributed by atoms with van der Waals surface area (Å²) in [7, 11) is 0. The van der Waals surface area contributed by atoms with Crippen molar-refractivity contribution in [3.05, 3.63) is 59.7 Å². The van der Waals surface area contributed by atoms with Gasteiger partial charge in [0.2, 0.25) is 11.9 Å². The number of aliphatic carboxylic acids is 1. The Morgan fingerprint density at radius 3 is 2.19 bits per heavy atom. The lowest BCUT2D eigenvalue weighted by atomic mass is 10.1. The van der Waals surface area contributed by atoms with E-state index in [2.05, 4.69) is 35.8 Å². The molecule has 3 aromatic rings. The highest BCUT2D eigenvalue weighted by molar-refractivity contribution is 5.94. The topological polar surface area (TPSA) is 151 Å². The minimum atomic E-state index is -4.60. The number of carboxylic acid groups (broad SMARTS) is 1. The number of carbonyl (C=O) groups is 2. The number of anilines is 3. The van der Waals surface area contributed by atoms with Gasteiger partial charge in [0.05, 0.1) is 5.54 Å². The highest BCUT2D eigenvalue weighted by atomic mass is 19.4. The molecule has 2 heterocycles. The number of rotatable bonds is 15. The summed E-state index contributed by atoms with van der Waals surface area (Å²) in [5.41, 5.74) is 1.40. The maximum atomic E-state index is 12.9. The molecule has 2 saturated carbocycles. The Bertz CT molecular complexity index is 1570. The summed E-state index contributed by atoms with van der Waals surface area (Å²) in [6.07, 6.45) is 1.48. The zero-order valence-corrected chi connectivity index (χ0v) is 25.6. The summed E-state index contributed by atoms with van der Waals surface area (Å²) in [6, 6.07) is 12.9. The molecular formula is C32H36F3N7O5. The van der Waals surface area contributed by atoms with Crippen molar-refractivity contribution in [2.24, 2.45) is 5.41 Å². The molecule has 0 bridgehead atoms. The Hall–Kier alpha value is -4.66. The SMILES string of the molecule is O=C(O)COc1ccc(C2(Nc3nc(Nc4ccc(C(=O)NCC5(CN6CCCC6)CC5)cc4)nc(OCC(F)(F)F)n3)CC2)cc1. The van der Waals surface area contributed by atoms with E-state index in [1.165, 1.54) is 12.8 Å². The fourth-order valence-electron chi connectivity index (χ4n) is 5.71. The molecular weight excluding hydrogens is 619 g/mol. The second-order valence-electron chi connectivity index (χ2n) is 12.5. The fraction of sp³-hybridized carbons (Fsp3) is 0.469. The smallest absolute Gasteiger partial charge is 0.422 e. The lowest BCUT2D eigenvalue weighted by Crippen LogP contribution is -2.37. The number of nitrogens with zero attached hydrogens (tertiary/aromatic N) is 4. The molecule has 0 atom stereocenters. The average molecular weight is 656 g/mol. The van der Waals surface area contributed by atoms with E-state index in [0.717, 1.165) is 38.0 Å². The summed E-state index contributed by atoms with van der Waals surface area (Å²) in [5.74, 6) is -0.933. The molecule has 12 nitrogen and oxygen atoms in total. The van der Waals surface area contributed by atoms with Crippen molar-refractivity contribution < 1.29 is 37.3 Å². The molecule has 2 aliphatic carbocycles. The molecule has 4 N–H and O–H groups in total. The largest absolute Gasteiger partial charge is 0.482 e. The van der Waals surface area contributed by atoms with E-state index in [1.54, 1.807) is 48.5 Å². The van der Waals surface area contributed by atoms with Crippen LogP contribution in [-0.2, 0) is 10.3 Å². The molecule has 1 aliphatic heterocycles. The Balaban J connectivity index is 1.11. The zero-order valence-electron chi connectivity index (χ0n) is 25.6. The van der Waals surface area contributed by atoms with Crippen molar-refractivity contribution in [2.75, 3.05) is 50.0 Å². The maximum Gasteiger partial charge on any atom is 0.422 e. The number of aromatic nitrogens is 3. The van der Waals surface area contributed by atoms with E-state index < -0.39 is 36.9 Å². The quantitative estimate of drug-likeness (QED) is 0.180. The van der Waals surface area contributed by atoms with Crippen molar-refractivity contribution >= 4 is 29.5 Å². The van der Waals surface area contributed by atoms with Crippen molar-refractivity contribution in [3.63, 3.8) is 0 Å². The summed E-state index contributed by atoms with van der Waals surface area (Å²) in [4.78, 5) is 38.6. The van der Waals surface area contributed by atoms with E-state index in [0.29, 0.717) is 36.4 Å². The van der Waals surface area contributed by atoms with Crippen LogP contribution >= 0.6 is 0 Å². The number of carboxylic acids is 1. The van der Waals surface area contributed by atoms with E-state index >= 15 is 0 Å².